The van der Waals surface area contributed by atoms with Crippen LogP contribution >= 0.6 is 22.9 Å². The molecule has 10 heteroatoms. The summed E-state index contributed by atoms with van der Waals surface area (Å²) in [5.74, 6) is 0.774. The second-order valence-electron chi connectivity index (χ2n) is 8.50. The molecule has 2 atom stereocenters. The van der Waals surface area contributed by atoms with Gasteiger partial charge in [-0.2, -0.15) is 0 Å². The van der Waals surface area contributed by atoms with Crippen LogP contribution in [0.4, 0.5) is 4.79 Å². The molecular formula is C24H32ClN3O5S. The molecule has 1 fully saturated rings. The highest BCUT2D eigenvalue weighted by Gasteiger charge is 2.29. The van der Waals surface area contributed by atoms with E-state index in [1.165, 1.54) is 18.4 Å². The van der Waals surface area contributed by atoms with Gasteiger partial charge < -0.3 is 19.1 Å². The second kappa shape index (κ2) is 12.4. The number of esters is 1. The standard InChI is InChI=1S/C24H32ClN3O5S/c1-5-6-10-28(3)24(30)32-14-17-12-20(25)34-21(17)22-26-13-19(15(2)27-22)33-18-9-7-8-16(11-18)23(29)31-4/h12-13,16,18H,5-11,14H2,1-4H3/t16-,18-/m0/s1. The van der Waals surface area contributed by atoms with Crippen molar-refractivity contribution in [1.82, 2.24) is 14.9 Å². The van der Waals surface area contributed by atoms with Gasteiger partial charge in [0.25, 0.3) is 0 Å². The van der Waals surface area contributed by atoms with Gasteiger partial charge in [-0.3, -0.25) is 4.79 Å². The summed E-state index contributed by atoms with van der Waals surface area (Å²) in [6.07, 6.45) is 6.35. The van der Waals surface area contributed by atoms with E-state index in [0.29, 0.717) is 34.6 Å². The Kier molecular flexibility index (Phi) is 9.53. The molecule has 2 heterocycles. The first-order valence-electron chi connectivity index (χ1n) is 11.6. The number of nitrogens with zero attached hydrogens (tertiary/aromatic N) is 3. The van der Waals surface area contributed by atoms with Gasteiger partial charge in [-0.15, -0.1) is 11.3 Å². The zero-order valence-electron chi connectivity index (χ0n) is 20.1. The number of carbonyl (C=O) groups is 2. The van der Waals surface area contributed by atoms with Gasteiger partial charge in [-0.25, -0.2) is 14.8 Å². The normalized spacial score (nSPS) is 17.8. The molecular weight excluding hydrogens is 478 g/mol. The fourth-order valence-electron chi connectivity index (χ4n) is 3.92. The van der Waals surface area contributed by atoms with E-state index in [-0.39, 0.29) is 30.7 Å². The predicted octanol–water partition coefficient (Wildman–Crippen LogP) is 5.65. The first-order chi connectivity index (χ1) is 16.3. The smallest absolute Gasteiger partial charge is 0.409 e. The molecule has 0 saturated heterocycles. The molecule has 0 aliphatic heterocycles. The van der Waals surface area contributed by atoms with E-state index in [4.69, 9.17) is 25.8 Å². The Bertz CT molecular complexity index is 999. The van der Waals surface area contributed by atoms with Gasteiger partial charge in [0.05, 0.1) is 40.2 Å². The average molecular weight is 510 g/mol. The SMILES string of the molecule is CCCCN(C)C(=O)OCc1cc(Cl)sc1-c1ncc(O[C@H]2CCC[C@H](C(=O)OC)C2)c(C)n1. The maximum Gasteiger partial charge on any atom is 0.409 e. The lowest BCUT2D eigenvalue weighted by Gasteiger charge is -2.28. The lowest BCUT2D eigenvalue weighted by atomic mass is 9.87. The summed E-state index contributed by atoms with van der Waals surface area (Å²) < 4.78 is 17.1. The zero-order chi connectivity index (χ0) is 24.7. The Morgan fingerprint density at radius 1 is 1.32 bits per heavy atom. The van der Waals surface area contributed by atoms with Crippen LogP contribution in [0.25, 0.3) is 10.7 Å². The fraction of sp³-hybridized carbons (Fsp3) is 0.583. The topological polar surface area (TPSA) is 90.9 Å². The van der Waals surface area contributed by atoms with E-state index < -0.39 is 0 Å². The molecule has 1 saturated carbocycles. The Hall–Kier alpha value is -2.39. The van der Waals surface area contributed by atoms with Crippen molar-refractivity contribution in [3.05, 3.63) is 27.9 Å². The largest absolute Gasteiger partial charge is 0.487 e. The van der Waals surface area contributed by atoms with Crippen molar-refractivity contribution in [2.75, 3.05) is 20.7 Å². The molecule has 0 bridgehead atoms. The average Bonchev–Trinajstić information content (AvgIpc) is 3.22. The van der Waals surface area contributed by atoms with Crippen molar-refractivity contribution in [3.8, 4) is 16.5 Å². The molecule has 2 aromatic rings. The Labute approximate surface area is 209 Å². The second-order valence-corrected chi connectivity index (χ2v) is 10.2. The van der Waals surface area contributed by atoms with Crippen LogP contribution in [0.1, 0.15) is 56.7 Å². The summed E-state index contributed by atoms with van der Waals surface area (Å²) in [5, 5.41) is 0. The van der Waals surface area contributed by atoms with E-state index >= 15 is 0 Å². The number of methoxy groups -OCH3 is 1. The summed E-state index contributed by atoms with van der Waals surface area (Å²) in [6, 6.07) is 1.78. The third kappa shape index (κ3) is 6.82. The zero-order valence-corrected chi connectivity index (χ0v) is 21.7. The van der Waals surface area contributed by atoms with Gasteiger partial charge in [0.1, 0.15) is 6.61 Å². The molecule has 3 rings (SSSR count). The molecule has 8 nitrogen and oxygen atoms in total. The van der Waals surface area contributed by atoms with Crippen molar-refractivity contribution in [1.29, 1.82) is 0 Å². The van der Waals surface area contributed by atoms with E-state index in [1.807, 2.05) is 6.92 Å². The number of halogens is 1. The molecule has 0 radical (unpaired) electrons. The van der Waals surface area contributed by atoms with Crippen LogP contribution in [0.2, 0.25) is 4.34 Å². The van der Waals surface area contributed by atoms with E-state index in [0.717, 1.165) is 42.5 Å². The molecule has 186 valence electrons. The summed E-state index contributed by atoms with van der Waals surface area (Å²) in [6.45, 7) is 4.67. The van der Waals surface area contributed by atoms with Crippen LogP contribution < -0.4 is 4.74 Å². The molecule has 0 unspecified atom stereocenters. The van der Waals surface area contributed by atoms with E-state index in [2.05, 4.69) is 16.9 Å². The van der Waals surface area contributed by atoms with Crippen molar-refractivity contribution in [2.24, 2.45) is 5.92 Å². The van der Waals surface area contributed by atoms with Crippen LogP contribution in [-0.4, -0.2) is 53.7 Å². The summed E-state index contributed by atoms with van der Waals surface area (Å²) >= 11 is 7.60. The van der Waals surface area contributed by atoms with E-state index in [1.54, 1.807) is 24.2 Å². The van der Waals surface area contributed by atoms with Gasteiger partial charge in [-0.1, -0.05) is 24.9 Å². The molecule has 1 amide bonds. The Balaban J connectivity index is 1.67. The number of unbranched alkanes of at least 4 members (excludes halogenated alkanes) is 1. The van der Waals surface area contributed by atoms with Crippen molar-refractivity contribution in [2.45, 2.75) is 65.1 Å². The number of carbonyl (C=O) groups excluding carboxylic acids is 2. The fourth-order valence-corrected chi connectivity index (χ4v) is 5.12. The Morgan fingerprint density at radius 2 is 2.12 bits per heavy atom. The Morgan fingerprint density at radius 3 is 2.82 bits per heavy atom. The molecule has 1 aliphatic carbocycles. The predicted molar refractivity (Wildman–Crippen MR) is 131 cm³/mol. The third-order valence-electron chi connectivity index (χ3n) is 5.88. The summed E-state index contributed by atoms with van der Waals surface area (Å²) in [4.78, 5) is 35.6. The number of rotatable bonds is 9. The summed E-state index contributed by atoms with van der Waals surface area (Å²) in [5.41, 5.74) is 1.45. The van der Waals surface area contributed by atoms with Crippen LogP contribution in [0, 0.1) is 12.8 Å². The summed E-state index contributed by atoms with van der Waals surface area (Å²) in [7, 11) is 3.14. The van der Waals surface area contributed by atoms with Crippen LogP contribution in [0.15, 0.2) is 12.3 Å². The first kappa shape index (κ1) is 26.2. The number of hydrogen-bond acceptors (Lipinski definition) is 8. The van der Waals surface area contributed by atoms with Gasteiger partial charge >= 0.3 is 12.1 Å². The molecule has 1 aliphatic rings. The number of aromatic nitrogens is 2. The van der Waals surface area contributed by atoms with Crippen LogP contribution in [-0.2, 0) is 20.9 Å². The monoisotopic (exact) mass is 509 g/mol. The highest BCUT2D eigenvalue weighted by molar-refractivity contribution is 7.19. The van der Waals surface area contributed by atoms with Crippen LogP contribution in [0.5, 0.6) is 5.75 Å². The van der Waals surface area contributed by atoms with Crippen molar-refractivity contribution >= 4 is 35.0 Å². The number of aryl methyl sites for hydroxylation is 1. The molecule has 34 heavy (non-hydrogen) atoms. The minimum atomic E-state index is -0.375. The number of hydrogen-bond donors (Lipinski definition) is 0. The number of thiophene rings is 1. The molecule has 2 aromatic heterocycles. The first-order valence-corrected chi connectivity index (χ1v) is 12.8. The maximum absolute atomic E-state index is 12.2. The van der Waals surface area contributed by atoms with E-state index in [9.17, 15) is 9.59 Å². The molecule has 0 N–H and O–H groups in total. The van der Waals surface area contributed by atoms with Crippen molar-refractivity contribution in [3.63, 3.8) is 0 Å². The van der Waals surface area contributed by atoms with Gasteiger partial charge in [-0.05, 0) is 45.1 Å². The number of ether oxygens (including phenoxy) is 3. The molecule has 0 aromatic carbocycles. The lowest BCUT2D eigenvalue weighted by Crippen LogP contribution is -2.30. The third-order valence-corrected chi connectivity index (χ3v) is 7.18. The van der Waals surface area contributed by atoms with Gasteiger partial charge in [0, 0.05) is 19.2 Å². The minimum Gasteiger partial charge on any atom is -0.487 e. The van der Waals surface area contributed by atoms with Gasteiger partial charge in [0.2, 0.25) is 0 Å². The lowest BCUT2D eigenvalue weighted by molar-refractivity contribution is -0.147. The minimum absolute atomic E-state index is 0.0816. The van der Waals surface area contributed by atoms with Gasteiger partial charge in [0.15, 0.2) is 11.6 Å². The highest BCUT2D eigenvalue weighted by atomic mass is 35.5. The highest BCUT2D eigenvalue weighted by Crippen LogP contribution is 2.36. The molecule has 0 spiro atoms. The van der Waals surface area contributed by atoms with Crippen LogP contribution in [0.3, 0.4) is 0 Å². The van der Waals surface area contributed by atoms with Crippen molar-refractivity contribution < 1.29 is 23.8 Å². The quantitative estimate of drug-likeness (QED) is 0.403. The number of amides is 1. The maximum atomic E-state index is 12.2.